The summed E-state index contributed by atoms with van der Waals surface area (Å²) in [6.45, 7) is 4.12. The number of imidazole rings is 1. The predicted octanol–water partition coefficient (Wildman–Crippen LogP) is 15.2. The number of nitrogens with zero attached hydrogens (tertiary/aromatic N) is 2. The van der Waals surface area contributed by atoms with E-state index >= 15 is 0 Å². The van der Waals surface area contributed by atoms with Gasteiger partial charge in [0.2, 0.25) is 0 Å². The van der Waals surface area contributed by atoms with Gasteiger partial charge >= 0.3 is 0 Å². The Morgan fingerprint density at radius 2 is 1.32 bits per heavy atom. The maximum absolute atomic E-state index is 10.0. The van der Waals surface area contributed by atoms with Gasteiger partial charge in [-0.05, 0) is 148 Å². The van der Waals surface area contributed by atoms with Crippen molar-refractivity contribution >= 4 is 50.8 Å². The third kappa shape index (κ3) is 5.67. The van der Waals surface area contributed by atoms with Crippen LogP contribution in [0.4, 0.5) is 0 Å². The molecule has 2 aliphatic carbocycles. The van der Waals surface area contributed by atoms with Crippen molar-refractivity contribution in [3.05, 3.63) is 137 Å². The summed E-state index contributed by atoms with van der Waals surface area (Å²) in [5.74, 6) is -0.329. The highest BCUT2D eigenvalue weighted by Crippen LogP contribution is 2.53. The molecule has 6 aromatic carbocycles. The average molecular weight is 815 g/mol. The van der Waals surface area contributed by atoms with Gasteiger partial charge in [0.1, 0.15) is 11.5 Å². The molecule has 2 saturated carbocycles. The molecule has 8 aromatic rings. The van der Waals surface area contributed by atoms with Gasteiger partial charge in [-0.1, -0.05) is 137 Å². The number of para-hydroxylation sites is 2. The fraction of sp³-hybridized carbons (Fsp3) is 0.315. The lowest BCUT2D eigenvalue weighted by Crippen LogP contribution is -2.56. The zero-order valence-electron chi connectivity index (χ0n) is 42.3. The number of aryl methyl sites for hydroxylation is 2. The second-order valence-electron chi connectivity index (χ2n) is 18.0. The van der Waals surface area contributed by atoms with Gasteiger partial charge in [0.15, 0.2) is 4.96 Å². The van der Waals surface area contributed by atoms with Crippen LogP contribution in [-0.2, 0) is 5.04 Å². The van der Waals surface area contributed by atoms with Crippen LogP contribution in [0.2, 0.25) is 13.1 Å². The van der Waals surface area contributed by atoms with E-state index < -0.39 is 33.6 Å². The quantitative estimate of drug-likeness (QED) is 0.162. The molecule has 0 unspecified atom stereocenters. The van der Waals surface area contributed by atoms with Gasteiger partial charge in [0.25, 0.3) is 0 Å². The number of aromatic nitrogens is 2. The number of rotatable bonds is 5. The van der Waals surface area contributed by atoms with Gasteiger partial charge < -0.3 is 4.74 Å². The van der Waals surface area contributed by atoms with E-state index in [0.29, 0.717) is 42.6 Å². The molecule has 3 heterocycles. The van der Waals surface area contributed by atoms with E-state index in [1.165, 1.54) is 5.19 Å². The second kappa shape index (κ2) is 13.8. The minimum Gasteiger partial charge on any atom is -0.457 e. The van der Waals surface area contributed by atoms with Gasteiger partial charge in [-0.25, -0.2) is 4.98 Å². The fourth-order valence-electron chi connectivity index (χ4n) is 10.4. The Balaban J connectivity index is 1.21. The van der Waals surface area contributed by atoms with Gasteiger partial charge in [-0.15, -0.1) is 0 Å². The number of hydrogen-bond acceptors (Lipinski definition) is 3. The molecule has 3 nitrogen and oxygen atoms in total. The van der Waals surface area contributed by atoms with E-state index in [2.05, 4.69) is 79.9 Å². The average Bonchev–Trinajstić information content (AvgIpc) is 4.09. The third-order valence-electron chi connectivity index (χ3n) is 14.4. The smallest absolute Gasteiger partial charge is 0.195 e. The van der Waals surface area contributed by atoms with Crippen LogP contribution in [0, 0.1) is 13.7 Å². The van der Waals surface area contributed by atoms with Crippen molar-refractivity contribution in [3.63, 3.8) is 0 Å². The monoisotopic (exact) mass is 814 g/mol. The molecule has 0 spiro atoms. The summed E-state index contributed by atoms with van der Waals surface area (Å²) in [6, 6.07) is 35.5. The van der Waals surface area contributed by atoms with Gasteiger partial charge in [0, 0.05) is 22.1 Å². The van der Waals surface area contributed by atoms with Crippen molar-refractivity contribution in [2.24, 2.45) is 0 Å². The lowest BCUT2D eigenvalue weighted by molar-refractivity contribution is 0.477. The van der Waals surface area contributed by atoms with Crippen LogP contribution >= 0.6 is 11.3 Å². The minimum atomic E-state index is -2.61. The topological polar surface area (TPSA) is 26.5 Å². The molecule has 1 aliphatic heterocycles. The van der Waals surface area contributed by atoms with Crippen LogP contribution in [0.15, 0.2) is 109 Å². The minimum absolute atomic E-state index is 0.0317. The van der Waals surface area contributed by atoms with Crippen molar-refractivity contribution in [2.45, 2.75) is 109 Å². The first-order valence-corrected chi connectivity index (χ1v) is 25.1. The van der Waals surface area contributed by atoms with Crippen LogP contribution in [0.25, 0.3) is 59.6 Å². The lowest BCUT2D eigenvalue weighted by Gasteiger charge is -2.40. The SMILES string of the molecule is [2H]C([2H])([2H])c1ccc(-c2c(C3([2H])CCCC3)ccc3c2Oc2ccccc2[Si](C)(C)C3(C)C)cc1-c1cc(-c2c(C3([2H])CCCC3)ccc3c2nc2sc4ccccc4n23)ccc1C([2H])([2H])[2H]. The van der Waals surface area contributed by atoms with Gasteiger partial charge in [-0.2, -0.15) is 0 Å². The summed E-state index contributed by atoms with van der Waals surface area (Å²) in [5.41, 5.74) is 8.88. The molecule has 3 aliphatic rings. The van der Waals surface area contributed by atoms with E-state index in [9.17, 15) is 2.74 Å². The second-order valence-corrected chi connectivity index (χ2v) is 24.1. The highest BCUT2D eigenvalue weighted by molar-refractivity contribution is 7.23. The number of hydrogen-bond donors (Lipinski definition) is 0. The maximum Gasteiger partial charge on any atom is 0.195 e. The highest BCUT2D eigenvalue weighted by atomic mass is 32.1. The number of thiazole rings is 1. The van der Waals surface area contributed by atoms with Crippen molar-refractivity contribution in [2.75, 3.05) is 0 Å². The molecular formula is C54H54N2OSSi. The predicted molar refractivity (Wildman–Crippen MR) is 253 cm³/mol. The molecule has 5 heteroatoms. The molecule has 11 rings (SSSR count). The van der Waals surface area contributed by atoms with Crippen molar-refractivity contribution < 1.29 is 15.7 Å². The van der Waals surface area contributed by atoms with Crippen LogP contribution in [0.1, 0.15) is 116 Å². The van der Waals surface area contributed by atoms with E-state index in [1.807, 2.05) is 48.5 Å². The first-order chi connectivity index (χ1) is 31.7. The lowest BCUT2D eigenvalue weighted by atomic mass is 9.83. The Bertz CT molecular complexity index is 3310. The molecular weight excluding hydrogens is 753 g/mol. The Hall–Kier alpha value is -4.97. The summed E-state index contributed by atoms with van der Waals surface area (Å²) in [6.07, 6.45) is 6.43. The van der Waals surface area contributed by atoms with Crippen molar-refractivity contribution in [3.8, 4) is 44.9 Å². The number of benzene rings is 6. The Kier molecular flexibility index (Phi) is 6.84. The van der Waals surface area contributed by atoms with E-state index in [1.54, 1.807) is 23.5 Å². The summed E-state index contributed by atoms with van der Waals surface area (Å²) < 4.78 is 84.0. The first kappa shape index (κ1) is 29.3. The Morgan fingerprint density at radius 3 is 2.02 bits per heavy atom. The maximum atomic E-state index is 10.0. The largest absolute Gasteiger partial charge is 0.457 e. The third-order valence-corrected chi connectivity index (χ3v) is 20.5. The van der Waals surface area contributed by atoms with Crippen LogP contribution in [-0.4, -0.2) is 17.5 Å². The van der Waals surface area contributed by atoms with Gasteiger partial charge in [-0.3, -0.25) is 4.40 Å². The molecule has 0 amide bonds. The number of ether oxygens (including phenoxy) is 1. The summed E-state index contributed by atoms with van der Waals surface area (Å²) in [7, 11) is -2.28. The fourth-order valence-corrected chi connectivity index (χ4v) is 14.3. The highest BCUT2D eigenvalue weighted by Gasteiger charge is 2.48. The molecule has 0 N–H and O–H groups in total. The number of fused-ring (bicyclic) bond motifs is 7. The Morgan fingerprint density at radius 1 is 0.712 bits per heavy atom. The van der Waals surface area contributed by atoms with E-state index in [0.717, 1.165) is 85.5 Å². The molecule has 0 bridgehead atoms. The zero-order valence-corrected chi connectivity index (χ0v) is 36.1. The molecule has 296 valence electrons. The summed E-state index contributed by atoms with van der Waals surface area (Å²) >= 11 is 1.60. The van der Waals surface area contributed by atoms with Gasteiger partial charge in [0.05, 0.1) is 29.3 Å². The molecule has 2 aromatic heterocycles. The molecule has 0 atom stereocenters. The van der Waals surface area contributed by atoms with E-state index in [-0.39, 0.29) is 27.3 Å². The molecule has 2 fully saturated rings. The molecule has 0 radical (unpaired) electrons. The molecule has 59 heavy (non-hydrogen) atoms. The summed E-state index contributed by atoms with van der Waals surface area (Å²) in [4.78, 5) is 6.11. The van der Waals surface area contributed by atoms with Crippen molar-refractivity contribution in [1.82, 2.24) is 9.38 Å². The standard InChI is InChI=1S/C54H54N2OSSi/c1-33-23-25-37(49-39(35-15-7-8-16-35)28-30-45-51(49)55-53-56(45)44-19-11-13-21-47(44)58-53)31-41(33)42-32-38(26-24-34(42)2)50-40(36-17-9-10-18-36)27-29-43-52(50)57-46-20-12-14-22-48(46)59(5,6)54(43,3)4/h11-14,19-32,35-36H,7-10,15-18H2,1-6H3/i1D3,2D3,35D,36D. The molecule has 0 saturated heterocycles. The van der Waals surface area contributed by atoms with Crippen LogP contribution in [0.5, 0.6) is 11.5 Å². The van der Waals surface area contributed by atoms with Crippen LogP contribution < -0.4 is 9.92 Å². The summed E-state index contributed by atoms with van der Waals surface area (Å²) in [5, 5.41) is 0.883. The van der Waals surface area contributed by atoms with E-state index in [4.69, 9.17) is 17.9 Å². The van der Waals surface area contributed by atoms with Crippen LogP contribution in [0.3, 0.4) is 0 Å². The zero-order chi connectivity index (χ0) is 47.1. The first-order valence-electron chi connectivity index (χ1n) is 25.3. The normalized spacial score (nSPS) is 21.2. The Labute approximate surface area is 365 Å². The van der Waals surface area contributed by atoms with Crippen molar-refractivity contribution in [1.29, 1.82) is 0 Å².